The number of amides is 1. The number of carbonyl (C=O) groups excluding carboxylic acids is 1. The van der Waals surface area contributed by atoms with Gasteiger partial charge in [-0.3, -0.25) is 9.35 Å². The molecule has 1 aliphatic carbocycles. The van der Waals surface area contributed by atoms with Crippen LogP contribution in [0.2, 0.25) is 0 Å². The quantitative estimate of drug-likeness (QED) is 0.666. The third-order valence-corrected chi connectivity index (χ3v) is 3.77. The van der Waals surface area contributed by atoms with E-state index in [1.54, 1.807) is 0 Å². The molecule has 0 spiro atoms. The summed E-state index contributed by atoms with van der Waals surface area (Å²) in [5.41, 5.74) is 6.69. The smallest absolute Gasteiger partial charge is 0.261 e. The molecule has 0 aromatic heterocycles. The molecule has 22 heavy (non-hydrogen) atoms. The Kier molecular flexibility index (Phi) is 7.47. The molecule has 6 nitrogen and oxygen atoms in total. The zero-order valence-corrected chi connectivity index (χ0v) is 14.7. The Bertz CT molecular complexity index is 581. The lowest BCUT2D eigenvalue weighted by molar-refractivity contribution is 0.0921. The minimum absolute atomic E-state index is 0.0279. The first-order valence-electron chi connectivity index (χ1n) is 6.91. The average molecular weight is 393 g/mol. The summed E-state index contributed by atoms with van der Waals surface area (Å²) in [6.07, 6.45) is 5.03. The minimum atomic E-state index is -3.67. The average Bonchev–Trinajstić information content (AvgIpc) is 2.40. The molecule has 124 valence electrons. The third kappa shape index (κ3) is 7.88. The van der Waals surface area contributed by atoms with Gasteiger partial charge in [-0.15, -0.1) is 0 Å². The Labute approximate surface area is 139 Å². The van der Waals surface area contributed by atoms with Gasteiger partial charge < -0.3 is 11.1 Å². The Hall–Kier alpha value is -0.960. The highest BCUT2D eigenvalue weighted by Gasteiger charge is 2.23. The molecule has 0 bridgehead atoms. The summed E-state index contributed by atoms with van der Waals surface area (Å²) in [5.74, 6) is -0.0279. The Balaban J connectivity index is 0.000000422. The first-order valence-corrected chi connectivity index (χ1v) is 9.55. The van der Waals surface area contributed by atoms with E-state index in [0.717, 1.165) is 23.7 Å². The summed E-state index contributed by atoms with van der Waals surface area (Å²) in [5, 5.41) is 3.03. The Morgan fingerprint density at radius 3 is 2.27 bits per heavy atom. The summed E-state index contributed by atoms with van der Waals surface area (Å²) in [4.78, 5) is 12.0. The van der Waals surface area contributed by atoms with Crippen molar-refractivity contribution in [3.05, 3.63) is 34.3 Å². The summed E-state index contributed by atoms with van der Waals surface area (Å²) in [6.45, 7) is 0. The van der Waals surface area contributed by atoms with Crippen LogP contribution in [0.25, 0.3) is 0 Å². The van der Waals surface area contributed by atoms with Crippen LogP contribution in [0.1, 0.15) is 36.0 Å². The number of hydrogen-bond acceptors (Lipinski definition) is 4. The third-order valence-electron chi connectivity index (χ3n) is 3.24. The molecule has 8 heteroatoms. The fraction of sp³-hybridized carbons (Fsp3) is 0.500. The van der Waals surface area contributed by atoms with Crippen LogP contribution in [0.3, 0.4) is 0 Å². The van der Waals surface area contributed by atoms with Gasteiger partial charge in [-0.25, -0.2) is 0 Å². The van der Waals surface area contributed by atoms with Crippen LogP contribution in [-0.4, -0.2) is 37.2 Å². The molecule has 0 heterocycles. The number of rotatable bonds is 2. The van der Waals surface area contributed by atoms with Crippen LogP contribution < -0.4 is 11.1 Å². The molecule has 0 radical (unpaired) electrons. The predicted molar refractivity (Wildman–Crippen MR) is 89.3 cm³/mol. The van der Waals surface area contributed by atoms with Crippen molar-refractivity contribution in [1.29, 1.82) is 0 Å². The van der Waals surface area contributed by atoms with Crippen molar-refractivity contribution in [3.63, 3.8) is 0 Å². The molecule has 0 unspecified atom stereocenters. The molecule has 1 aromatic rings. The summed E-state index contributed by atoms with van der Waals surface area (Å²) in [7, 11) is -3.67. The normalized spacial score (nSPS) is 21.5. The number of benzene rings is 1. The molecule has 2 atom stereocenters. The lowest BCUT2D eigenvalue weighted by atomic mass is 9.91. The minimum Gasteiger partial charge on any atom is -0.348 e. The predicted octanol–water partition coefficient (Wildman–Crippen LogP) is 1.95. The molecule has 2 rings (SSSR count). The van der Waals surface area contributed by atoms with Gasteiger partial charge in [0.2, 0.25) is 0 Å². The van der Waals surface area contributed by atoms with Crippen molar-refractivity contribution in [2.75, 3.05) is 6.26 Å². The van der Waals surface area contributed by atoms with Crippen LogP contribution in [0.4, 0.5) is 0 Å². The van der Waals surface area contributed by atoms with Crippen molar-refractivity contribution in [2.24, 2.45) is 5.73 Å². The number of nitrogens with two attached hydrogens (primary N) is 1. The second kappa shape index (κ2) is 8.61. The van der Waals surface area contributed by atoms with Crippen LogP contribution in [0.15, 0.2) is 28.7 Å². The summed E-state index contributed by atoms with van der Waals surface area (Å²) < 4.78 is 26.8. The first-order chi connectivity index (χ1) is 10.2. The maximum absolute atomic E-state index is 12.0. The van der Waals surface area contributed by atoms with Gasteiger partial charge in [0.05, 0.1) is 6.26 Å². The molecule has 0 saturated heterocycles. The second-order valence-electron chi connectivity index (χ2n) is 5.27. The number of halogens is 1. The molecule has 1 amide bonds. The van der Waals surface area contributed by atoms with Crippen molar-refractivity contribution in [3.8, 4) is 0 Å². The SMILES string of the molecule is CS(=O)(=O)O.N[C@@H]1CCCC[C@H]1NC(=O)c1ccc(Br)cc1. The van der Waals surface area contributed by atoms with Gasteiger partial charge in [0, 0.05) is 22.1 Å². The largest absolute Gasteiger partial charge is 0.348 e. The second-order valence-corrected chi connectivity index (χ2v) is 7.65. The summed E-state index contributed by atoms with van der Waals surface area (Å²) >= 11 is 3.35. The highest BCUT2D eigenvalue weighted by atomic mass is 79.9. The van der Waals surface area contributed by atoms with Crippen molar-refractivity contribution >= 4 is 32.0 Å². The number of nitrogens with one attached hydrogen (secondary N) is 1. The first kappa shape index (κ1) is 19.1. The molecule has 0 aliphatic heterocycles. The summed E-state index contributed by atoms with van der Waals surface area (Å²) in [6, 6.07) is 7.59. The van der Waals surface area contributed by atoms with E-state index in [9.17, 15) is 13.2 Å². The van der Waals surface area contributed by atoms with Gasteiger partial charge in [0.15, 0.2) is 0 Å². The Morgan fingerprint density at radius 2 is 1.77 bits per heavy atom. The van der Waals surface area contributed by atoms with E-state index in [-0.39, 0.29) is 18.0 Å². The number of hydrogen-bond donors (Lipinski definition) is 3. The monoisotopic (exact) mass is 392 g/mol. The standard InChI is InChI=1S/C13H17BrN2O.CH4O3S/c14-10-7-5-9(6-8-10)13(17)16-12-4-2-1-3-11(12)15;1-5(2,3)4/h5-8,11-12H,1-4,15H2,(H,16,17);1H3,(H,2,3,4)/t11-,12-;/m1./s1. The van der Waals surface area contributed by atoms with Gasteiger partial charge in [-0.05, 0) is 37.1 Å². The van der Waals surface area contributed by atoms with Crippen LogP contribution >= 0.6 is 15.9 Å². The van der Waals surface area contributed by atoms with E-state index < -0.39 is 10.1 Å². The highest BCUT2D eigenvalue weighted by molar-refractivity contribution is 9.10. The van der Waals surface area contributed by atoms with Gasteiger partial charge in [-0.1, -0.05) is 28.8 Å². The Morgan fingerprint density at radius 1 is 1.27 bits per heavy atom. The molecule has 1 saturated carbocycles. The maximum atomic E-state index is 12.0. The molecular weight excluding hydrogens is 372 g/mol. The number of carbonyl (C=O) groups is 1. The molecule has 1 fully saturated rings. The van der Waals surface area contributed by atoms with Crippen molar-refractivity contribution in [1.82, 2.24) is 5.32 Å². The molecular formula is C14H21BrN2O4S. The lowest BCUT2D eigenvalue weighted by Gasteiger charge is -2.29. The van der Waals surface area contributed by atoms with Crippen LogP contribution in [0, 0.1) is 0 Å². The van der Waals surface area contributed by atoms with E-state index in [1.807, 2.05) is 24.3 Å². The molecule has 1 aromatic carbocycles. The van der Waals surface area contributed by atoms with E-state index >= 15 is 0 Å². The van der Waals surface area contributed by atoms with E-state index in [2.05, 4.69) is 21.2 Å². The van der Waals surface area contributed by atoms with Gasteiger partial charge >= 0.3 is 0 Å². The maximum Gasteiger partial charge on any atom is 0.261 e. The highest BCUT2D eigenvalue weighted by Crippen LogP contribution is 2.17. The fourth-order valence-corrected chi connectivity index (χ4v) is 2.46. The van der Waals surface area contributed by atoms with Crippen molar-refractivity contribution in [2.45, 2.75) is 37.8 Å². The fourth-order valence-electron chi connectivity index (χ4n) is 2.19. The topological polar surface area (TPSA) is 109 Å². The van der Waals surface area contributed by atoms with Gasteiger partial charge in [0.1, 0.15) is 0 Å². The van der Waals surface area contributed by atoms with Gasteiger partial charge in [-0.2, -0.15) is 8.42 Å². The van der Waals surface area contributed by atoms with Crippen LogP contribution in [0.5, 0.6) is 0 Å². The molecule has 1 aliphatic rings. The lowest BCUT2D eigenvalue weighted by Crippen LogP contribution is -2.49. The van der Waals surface area contributed by atoms with E-state index in [4.69, 9.17) is 10.3 Å². The molecule has 4 N–H and O–H groups in total. The zero-order chi connectivity index (χ0) is 16.8. The van der Waals surface area contributed by atoms with Crippen molar-refractivity contribution < 1.29 is 17.8 Å². The van der Waals surface area contributed by atoms with E-state index in [1.165, 1.54) is 6.42 Å². The van der Waals surface area contributed by atoms with E-state index in [0.29, 0.717) is 11.8 Å². The van der Waals surface area contributed by atoms with Crippen LogP contribution in [-0.2, 0) is 10.1 Å². The zero-order valence-electron chi connectivity index (χ0n) is 12.3. The van der Waals surface area contributed by atoms with Gasteiger partial charge in [0.25, 0.3) is 16.0 Å².